The van der Waals surface area contributed by atoms with Crippen LogP contribution in [-0.2, 0) is 12.0 Å². The molecule has 0 N–H and O–H groups in total. The highest BCUT2D eigenvalue weighted by atomic mass is 16.5. The van der Waals surface area contributed by atoms with Crippen molar-refractivity contribution in [3.8, 4) is 0 Å². The third-order valence-electron chi connectivity index (χ3n) is 6.22. The van der Waals surface area contributed by atoms with Gasteiger partial charge in [-0.3, -0.25) is 4.90 Å². The van der Waals surface area contributed by atoms with Crippen LogP contribution in [0.25, 0.3) is 0 Å². The lowest BCUT2D eigenvalue weighted by Crippen LogP contribution is -2.46. The van der Waals surface area contributed by atoms with Crippen LogP contribution in [0, 0.1) is 6.92 Å². The van der Waals surface area contributed by atoms with Gasteiger partial charge in [-0.2, -0.15) is 4.98 Å². The third-order valence-corrected chi connectivity index (χ3v) is 6.22. The van der Waals surface area contributed by atoms with Gasteiger partial charge in [-0.25, -0.2) is 0 Å². The lowest BCUT2D eigenvalue weighted by Gasteiger charge is -2.33. The predicted molar refractivity (Wildman–Crippen MR) is 109 cm³/mol. The maximum atomic E-state index is 5.67. The summed E-state index contributed by atoms with van der Waals surface area (Å²) < 4.78 is 5.67. The first kappa shape index (κ1) is 17.4. The number of piperazine rings is 1. The maximum absolute atomic E-state index is 5.67. The van der Waals surface area contributed by atoms with E-state index in [1.54, 1.807) is 0 Å². The van der Waals surface area contributed by atoms with Crippen molar-refractivity contribution in [2.45, 2.75) is 31.7 Å². The lowest BCUT2D eigenvalue weighted by molar-refractivity contribution is 0.242. The molecule has 1 saturated carbocycles. The molecule has 2 aliphatic rings. The molecule has 3 aromatic rings. The Kier molecular flexibility index (Phi) is 4.40. The molecule has 0 unspecified atom stereocenters. The second-order valence-electron chi connectivity index (χ2n) is 8.04. The summed E-state index contributed by atoms with van der Waals surface area (Å²) >= 11 is 0. The molecular weight excluding hydrogens is 348 g/mol. The van der Waals surface area contributed by atoms with Crippen molar-refractivity contribution in [1.82, 2.24) is 15.0 Å². The van der Waals surface area contributed by atoms with Crippen molar-refractivity contribution < 1.29 is 4.52 Å². The van der Waals surface area contributed by atoms with Gasteiger partial charge in [-0.1, -0.05) is 59.8 Å². The van der Waals surface area contributed by atoms with E-state index in [1.165, 1.54) is 16.7 Å². The molecule has 5 nitrogen and oxygen atoms in total. The second kappa shape index (κ2) is 7.06. The summed E-state index contributed by atoms with van der Waals surface area (Å²) in [6.07, 6.45) is 2.19. The van der Waals surface area contributed by atoms with Crippen LogP contribution in [0.2, 0.25) is 0 Å². The minimum absolute atomic E-state index is 0.0321. The van der Waals surface area contributed by atoms with Crippen molar-refractivity contribution >= 4 is 6.01 Å². The van der Waals surface area contributed by atoms with Gasteiger partial charge in [0.1, 0.15) is 0 Å². The summed E-state index contributed by atoms with van der Waals surface area (Å²) in [4.78, 5) is 9.53. The Labute approximate surface area is 166 Å². The summed E-state index contributed by atoms with van der Waals surface area (Å²) in [6, 6.07) is 19.9. The van der Waals surface area contributed by atoms with Crippen LogP contribution in [0.1, 0.15) is 35.4 Å². The topological polar surface area (TPSA) is 45.4 Å². The summed E-state index contributed by atoms with van der Waals surface area (Å²) in [7, 11) is 0. The van der Waals surface area contributed by atoms with Gasteiger partial charge in [0.25, 0.3) is 0 Å². The molecule has 2 heterocycles. The Morgan fingerprint density at radius 3 is 2.36 bits per heavy atom. The molecule has 1 aromatic heterocycles. The summed E-state index contributed by atoms with van der Waals surface area (Å²) in [6.45, 7) is 7.06. The number of hydrogen-bond donors (Lipinski definition) is 0. The highest BCUT2D eigenvalue weighted by Crippen LogP contribution is 2.52. The number of nitrogens with zero attached hydrogens (tertiary/aromatic N) is 4. The number of aryl methyl sites for hydroxylation is 1. The van der Waals surface area contributed by atoms with Gasteiger partial charge in [0, 0.05) is 32.7 Å². The van der Waals surface area contributed by atoms with E-state index in [-0.39, 0.29) is 5.41 Å². The fourth-order valence-corrected chi connectivity index (χ4v) is 4.19. The highest BCUT2D eigenvalue weighted by Gasteiger charge is 2.50. The van der Waals surface area contributed by atoms with Crippen LogP contribution in [0.15, 0.2) is 59.1 Å². The number of rotatable bonds is 5. The van der Waals surface area contributed by atoms with Gasteiger partial charge in [0.15, 0.2) is 5.82 Å². The van der Waals surface area contributed by atoms with E-state index in [2.05, 4.69) is 76.5 Å². The SMILES string of the molecule is Cc1ccccc1CN1CCN(c2nc(C3(c4ccccc4)CC3)no2)CC1. The molecule has 5 heteroatoms. The Morgan fingerprint density at radius 2 is 1.64 bits per heavy atom. The molecule has 0 spiro atoms. The monoisotopic (exact) mass is 374 g/mol. The molecule has 5 rings (SSSR count). The van der Waals surface area contributed by atoms with Gasteiger partial charge < -0.3 is 9.42 Å². The first-order chi connectivity index (χ1) is 13.7. The minimum Gasteiger partial charge on any atom is -0.322 e. The zero-order valence-electron chi connectivity index (χ0n) is 16.3. The average molecular weight is 374 g/mol. The molecule has 2 fully saturated rings. The van der Waals surface area contributed by atoms with E-state index >= 15 is 0 Å². The largest absolute Gasteiger partial charge is 0.324 e. The van der Waals surface area contributed by atoms with E-state index < -0.39 is 0 Å². The molecule has 0 amide bonds. The normalized spacial score (nSPS) is 19.0. The zero-order chi connectivity index (χ0) is 19.0. The molecule has 1 aliphatic heterocycles. The zero-order valence-corrected chi connectivity index (χ0v) is 16.3. The summed E-state index contributed by atoms with van der Waals surface area (Å²) in [5, 5.41) is 4.36. The smallest absolute Gasteiger partial charge is 0.322 e. The standard InChI is InChI=1S/C23H26N4O/c1-18-7-5-6-8-19(18)17-26-13-15-27(16-14-26)22-24-21(25-28-22)23(11-12-23)20-9-3-2-4-10-20/h2-10H,11-17H2,1H3. The fourth-order valence-electron chi connectivity index (χ4n) is 4.19. The molecular formula is C23H26N4O. The van der Waals surface area contributed by atoms with Crippen LogP contribution in [-0.4, -0.2) is 41.2 Å². The lowest BCUT2D eigenvalue weighted by atomic mass is 9.95. The van der Waals surface area contributed by atoms with E-state index in [4.69, 9.17) is 9.51 Å². The molecule has 1 aliphatic carbocycles. The van der Waals surface area contributed by atoms with E-state index in [0.717, 1.165) is 51.4 Å². The van der Waals surface area contributed by atoms with Gasteiger partial charge >= 0.3 is 6.01 Å². The molecule has 2 aromatic carbocycles. The molecule has 0 radical (unpaired) electrons. The van der Waals surface area contributed by atoms with Gasteiger partial charge in [0.05, 0.1) is 5.41 Å². The number of aromatic nitrogens is 2. The van der Waals surface area contributed by atoms with E-state index in [1.807, 2.05) is 0 Å². The van der Waals surface area contributed by atoms with Crippen LogP contribution < -0.4 is 4.90 Å². The van der Waals surface area contributed by atoms with Crippen LogP contribution in [0.4, 0.5) is 6.01 Å². The number of hydrogen-bond acceptors (Lipinski definition) is 5. The molecule has 1 saturated heterocycles. The third kappa shape index (κ3) is 3.20. The Bertz CT molecular complexity index is 940. The first-order valence-electron chi connectivity index (χ1n) is 10.2. The Morgan fingerprint density at radius 1 is 0.929 bits per heavy atom. The summed E-state index contributed by atoms with van der Waals surface area (Å²) in [5.41, 5.74) is 4.04. The molecule has 0 bridgehead atoms. The first-order valence-corrected chi connectivity index (χ1v) is 10.2. The van der Waals surface area contributed by atoms with Gasteiger partial charge in [-0.05, 0) is 36.5 Å². The molecule has 28 heavy (non-hydrogen) atoms. The Balaban J connectivity index is 1.24. The van der Waals surface area contributed by atoms with E-state index in [9.17, 15) is 0 Å². The number of benzene rings is 2. The van der Waals surface area contributed by atoms with Crippen molar-refractivity contribution in [3.63, 3.8) is 0 Å². The minimum atomic E-state index is -0.0321. The van der Waals surface area contributed by atoms with Crippen molar-refractivity contribution in [2.24, 2.45) is 0 Å². The molecule has 0 atom stereocenters. The highest BCUT2D eigenvalue weighted by molar-refractivity contribution is 5.40. The van der Waals surface area contributed by atoms with Crippen molar-refractivity contribution in [1.29, 1.82) is 0 Å². The maximum Gasteiger partial charge on any atom is 0.324 e. The van der Waals surface area contributed by atoms with Gasteiger partial charge in [0.2, 0.25) is 0 Å². The van der Waals surface area contributed by atoms with E-state index in [0.29, 0.717) is 6.01 Å². The number of anilines is 1. The van der Waals surface area contributed by atoms with Crippen LogP contribution in [0.3, 0.4) is 0 Å². The quantitative estimate of drug-likeness (QED) is 0.680. The second-order valence-corrected chi connectivity index (χ2v) is 8.04. The predicted octanol–water partition coefficient (Wildman–Crippen LogP) is 3.78. The summed E-state index contributed by atoms with van der Waals surface area (Å²) in [5.74, 6) is 0.844. The fraction of sp³-hybridized carbons (Fsp3) is 0.391. The van der Waals surface area contributed by atoms with Crippen molar-refractivity contribution in [3.05, 3.63) is 77.1 Å². The van der Waals surface area contributed by atoms with Crippen LogP contribution in [0.5, 0.6) is 0 Å². The Hall–Kier alpha value is -2.66. The van der Waals surface area contributed by atoms with Gasteiger partial charge in [-0.15, -0.1) is 0 Å². The molecule has 144 valence electrons. The average Bonchev–Trinajstić information content (AvgIpc) is 3.41. The van der Waals surface area contributed by atoms with Crippen LogP contribution >= 0.6 is 0 Å². The van der Waals surface area contributed by atoms with Crippen molar-refractivity contribution in [2.75, 3.05) is 31.1 Å².